The average molecular weight is 368 g/mol. The lowest BCUT2D eigenvalue weighted by molar-refractivity contribution is -0.128. The topological polar surface area (TPSA) is 76.7 Å². The molecular formula is C21H24N2O4. The fraction of sp³-hybridized carbons (Fsp3) is 0.238. The average Bonchev–Trinajstić information content (AvgIpc) is 2.67. The standard InChI is InChI=1S/C21H24N2O4/c1-5-12-26-18-10-8-17(9-11-18)21(25)23-22-20(24)16(4)27-19-13-14(2)6-7-15(19)3/h5-11,13,16H,1,12H2,2-4H3,(H,22,24)(H,23,25). The number of hydrogen-bond donors (Lipinski definition) is 2. The van der Waals surface area contributed by atoms with Gasteiger partial charge in [-0.15, -0.1) is 0 Å². The predicted molar refractivity (Wildman–Crippen MR) is 104 cm³/mol. The molecule has 0 saturated carbocycles. The molecule has 0 aliphatic carbocycles. The number of benzene rings is 2. The van der Waals surface area contributed by atoms with E-state index in [2.05, 4.69) is 17.4 Å². The van der Waals surface area contributed by atoms with Gasteiger partial charge in [0, 0.05) is 5.56 Å². The van der Waals surface area contributed by atoms with Gasteiger partial charge in [-0.05, 0) is 62.2 Å². The van der Waals surface area contributed by atoms with Crippen LogP contribution in [-0.4, -0.2) is 24.5 Å². The van der Waals surface area contributed by atoms with Gasteiger partial charge in [0.1, 0.15) is 18.1 Å². The Kier molecular flexibility index (Phi) is 7.00. The SMILES string of the molecule is C=CCOc1ccc(C(=O)NNC(=O)C(C)Oc2cc(C)ccc2C)cc1. The van der Waals surface area contributed by atoms with Crippen LogP contribution in [0.5, 0.6) is 11.5 Å². The van der Waals surface area contributed by atoms with Gasteiger partial charge in [-0.1, -0.05) is 24.8 Å². The highest BCUT2D eigenvalue weighted by molar-refractivity contribution is 5.95. The Balaban J connectivity index is 1.87. The molecule has 2 rings (SSSR count). The van der Waals surface area contributed by atoms with E-state index in [1.807, 2.05) is 32.0 Å². The Hall–Kier alpha value is -3.28. The molecule has 6 heteroatoms. The molecular weight excluding hydrogens is 344 g/mol. The van der Waals surface area contributed by atoms with Gasteiger partial charge in [-0.3, -0.25) is 20.4 Å². The number of carbonyl (C=O) groups excluding carboxylic acids is 2. The molecule has 0 bridgehead atoms. The monoisotopic (exact) mass is 368 g/mol. The maximum absolute atomic E-state index is 12.2. The molecule has 142 valence electrons. The van der Waals surface area contributed by atoms with Crippen LogP contribution in [0.4, 0.5) is 0 Å². The summed E-state index contributed by atoms with van der Waals surface area (Å²) in [5, 5.41) is 0. The van der Waals surface area contributed by atoms with Crippen molar-refractivity contribution in [1.29, 1.82) is 0 Å². The first kappa shape index (κ1) is 20.0. The van der Waals surface area contributed by atoms with E-state index < -0.39 is 17.9 Å². The van der Waals surface area contributed by atoms with Gasteiger partial charge in [-0.25, -0.2) is 0 Å². The Bertz CT molecular complexity index is 815. The second-order valence-electron chi connectivity index (χ2n) is 6.10. The van der Waals surface area contributed by atoms with Crippen LogP contribution in [-0.2, 0) is 4.79 Å². The summed E-state index contributed by atoms with van der Waals surface area (Å²) in [6.45, 7) is 9.44. The lowest BCUT2D eigenvalue weighted by Gasteiger charge is -2.17. The van der Waals surface area contributed by atoms with E-state index in [0.29, 0.717) is 23.7 Å². The highest BCUT2D eigenvalue weighted by Crippen LogP contribution is 2.20. The molecule has 0 aromatic heterocycles. The van der Waals surface area contributed by atoms with Gasteiger partial charge in [0.2, 0.25) is 0 Å². The van der Waals surface area contributed by atoms with E-state index >= 15 is 0 Å². The van der Waals surface area contributed by atoms with Crippen LogP contribution >= 0.6 is 0 Å². The highest BCUT2D eigenvalue weighted by atomic mass is 16.5. The van der Waals surface area contributed by atoms with E-state index in [-0.39, 0.29) is 0 Å². The zero-order valence-corrected chi connectivity index (χ0v) is 15.7. The summed E-state index contributed by atoms with van der Waals surface area (Å²) in [5.41, 5.74) is 7.12. The summed E-state index contributed by atoms with van der Waals surface area (Å²) in [6, 6.07) is 12.3. The minimum absolute atomic E-state index is 0.389. The lowest BCUT2D eigenvalue weighted by Crippen LogP contribution is -2.47. The van der Waals surface area contributed by atoms with E-state index in [9.17, 15) is 9.59 Å². The second kappa shape index (κ2) is 9.43. The highest BCUT2D eigenvalue weighted by Gasteiger charge is 2.17. The Labute approximate surface area is 159 Å². The number of ether oxygens (including phenoxy) is 2. The first-order chi connectivity index (χ1) is 12.9. The number of rotatable bonds is 7. The minimum atomic E-state index is -0.763. The second-order valence-corrected chi connectivity index (χ2v) is 6.10. The molecule has 27 heavy (non-hydrogen) atoms. The van der Waals surface area contributed by atoms with Crippen LogP contribution in [0.2, 0.25) is 0 Å². The van der Waals surface area contributed by atoms with Gasteiger partial charge in [0.05, 0.1) is 0 Å². The number of amides is 2. The van der Waals surface area contributed by atoms with Crippen molar-refractivity contribution in [2.75, 3.05) is 6.61 Å². The van der Waals surface area contributed by atoms with Crippen LogP contribution in [0.1, 0.15) is 28.4 Å². The van der Waals surface area contributed by atoms with Gasteiger partial charge >= 0.3 is 0 Å². The zero-order valence-electron chi connectivity index (χ0n) is 15.7. The summed E-state index contributed by atoms with van der Waals surface area (Å²) < 4.78 is 11.0. The third-order valence-electron chi connectivity index (χ3n) is 3.80. The van der Waals surface area contributed by atoms with Crippen LogP contribution in [0, 0.1) is 13.8 Å². The first-order valence-electron chi connectivity index (χ1n) is 8.58. The molecule has 1 unspecified atom stereocenters. The molecule has 0 aliphatic rings. The maximum atomic E-state index is 12.2. The van der Waals surface area contributed by atoms with Crippen LogP contribution in [0.3, 0.4) is 0 Å². The van der Waals surface area contributed by atoms with Crippen molar-refractivity contribution in [2.24, 2.45) is 0 Å². The summed E-state index contributed by atoms with van der Waals surface area (Å²) in [7, 11) is 0. The quantitative estimate of drug-likeness (QED) is 0.582. The fourth-order valence-electron chi connectivity index (χ4n) is 2.23. The third kappa shape index (κ3) is 5.88. The Morgan fingerprint density at radius 2 is 1.81 bits per heavy atom. The van der Waals surface area contributed by atoms with Crippen molar-refractivity contribution in [3.63, 3.8) is 0 Å². The molecule has 0 aliphatic heterocycles. The normalized spacial score (nSPS) is 11.2. The van der Waals surface area contributed by atoms with Crippen LogP contribution < -0.4 is 20.3 Å². The van der Waals surface area contributed by atoms with Gasteiger partial charge in [0.15, 0.2) is 6.10 Å². The molecule has 2 N–H and O–H groups in total. The molecule has 2 aromatic rings. The molecule has 0 saturated heterocycles. The van der Waals surface area contributed by atoms with Crippen molar-refractivity contribution in [2.45, 2.75) is 26.9 Å². The Morgan fingerprint density at radius 3 is 2.48 bits per heavy atom. The first-order valence-corrected chi connectivity index (χ1v) is 8.58. The van der Waals surface area contributed by atoms with Crippen LogP contribution in [0.25, 0.3) is 0 Å². The third-order valence-corrected chi connectivity index (χ3v) is 3.80. The summed E-state index contributed by atoms with van der Waals surface area (Å²) in [6.07, 6.45) is 0.873. The zero-order chi connectivity index (χ0) is 19.8. The predicted octanol–water partition coefficient (Wildman–Crippen LogP) is 3.10. The van der Waals surface area contributed by atoms with Crippen molar-refractivity contribution < 1.29 is 19.1 Å². The number of aryl methyl sites for hydroxylation is 2. The fourth-order valence-corrected chi connectivity index (χ4v) is 2.23. The largest absolute Gasteiger partial charge is 0.490 e. The van der Waals surface area contributed by atoms with Gasteiger partial charge in [-0.2, -0.15) is 0 Å². The molecule has 1 atom stereocenters. The molecule has 2 aromatic carbocycles. The van der Waals surface area contributed by atoms with Gasteiger partial charge in [0.25, 0.3) is 11.8 Å². The number of carbonyl (C=O) groups is 2. The minimum Gasteiger partial charge on any atom is -0.490 e. The smallest absolute Gasteiger partial charge is 0.279 e. The molecule has 0 spiro atoms. The van der Waals surface area contributed by atoms with E-state index in [0.717, 1.165) is 11.1 Å². The Morgan fingerprint density at radius 1 is 1.11 bits per heavy atom. The molecule has 0 fully saturated rings. The van der Waals surface area contributed by atoms with Crippen molar-refractivity contribution >= 4 is 11.8 Å². The maximum Gasteiger partial charge on any atom is 0.279 e. The number of nitrogens with one attached hydrogen (secondary N) is 2. The van der Waals surface area contributed by atoms with Crippen LogP contribution in [0.15, 0.2) is 55.1 Å². The lowest BCUT2D eigenvalue weighted by atomic mass is 10.1. The molecule has 0 radical (unpaired) electrons. The summed E-state index contributed by atoms with van der Waals surface area (Å²) >= 11 is 0. The molecule has 0 heterocycles. The molecule has 6 nitrogen and oxygen atoms in total. The number of hydrazine groups is 1. The summed E-state index contributed by atoms with van der Waals surface area (Å²) in [4.78, 5) is 24.3. The van der Waals surface area contributed by atoms with Crippen molar-refractivity contribution in [1.82, 2.24) is 10.9 Å². The van der Waals surface area contributed by atoms with E-state index in [1.54, 1.807) is 37.3 Å². The number of hydrogen-bond acceptors (Lipinski definition) is 4. The van der Waals surface area contributed by atoms with E-state index in [1.165, 1.54) is 0 Å². The van der Waals surface area contributed by atoms with Gasteiger partial charge < -0.3 is 9.47 Å². The van der Waals surface area contributed by atoms with Crippen molar-refractivity contribution in [3.05, 3.63) is 71.8 Å². The molecule has 2 amide bonds. The summed E-state index contributed by atoms with van der Waals surface area (Å²) in [5.74, 6) is 0.387. The van der Waals surface area contributed by atoms with E-state index in [4.69, 9.17) is 9.47 Å². The van der Waals surface area contributed by atoms with Crippen molar-refractivity contribution in [3.8, 4) is 11.5 Å².